The Labute approximate surface area is 211 Å². The molecule has 0 bridgehead atoms. The molecule has 4 rings (SSSR count). The van der Waals surface area contributed by atoms with Gasteiger partial charge < -0.3 is 14.9 Å². The van der Waals surface area contributed by atoms with Crippen LogP contribution >= 0.6 is 0 Å². The number of pyridine rings is 1. The molecule has 1 aliphatic rings. The van der Waals surface area contributed by atoms with Crippen LogP contribution in [0.25, 0.3) is 11.3 Å². The number of nitrogens with zero attached hydrogens (tertiary/aromatic N) is 5. The number of anilines is 1. The third-order valence-corrected chi connectivity index (χ3v) is 6.62. The van der Waals surface area contributed by atoms with Gasteiger partial charge in [0.05, 0.1) is 28.6 Å². The van der Waals surface area contributed by atoms with Crippen molar-refractivity contribution in [3.05, 3.63) is 83.0 Å². The summed E-state index contributed by atoms with van der Waals surface area (Å²) in [7, 11) is 1.75. The van der Waals surface area contributed by atoms with E-state index in [4.69, 9.17) is 5.26 Å². The number of carbonyl (C=O) groups excluding carboxylic acids is 1. The molecule has 0 unspecified atom stereocenters. The van der Waals surface area contributed by atoms with Gasteiger partial charge in [0.25, 0.3) is 5.91 Å². The number of aryl methyl sites for hydroxylation is 1. The van der Waals surface area contributed by atoms with E-state index in [-0.39, 0.29) is 11.9 Å². The van der Waals surface area contributed by atoms with Crippen molar-refractivity contribution in [3.8, 4) is 17.3 Å². The second kappa shape index (κ2) is 10.6. The lowest BCUT2D eigenvalue weighted by molar-refractivity contribution is 0.0711. The van der Waals surface area contributed by atoms with Crippen LogP contribution in [0.3, 0.4) is 0 Å². The van der Waals surface area contributed by atoms with Gasteiger partial charge in [0.1, 0.15) is 0 Å². The minimum atomic E-state index is -0.867. The summed E-state index contributed by atoms with van der Waals surface area (Å²) in [4.78, 5) is 34.4. The van der Waals surface area contributed by atoms with Crippen LogP contribution in [0.5, 0.6) is 0 Å². The van der Waals surface area contributed by atoms with E-state index >= 15 is 0 Å². The van der Waals surface area contributed by atoms with Crippen molar-refractivity contribution in [1.82, 2.24) is 14.8 Å². The number of carbonyl (C=O) groups is 2. The van der Waals surface area contributed by atoms with Gasteiger partial charge in [-0.3, -0.25) is 14.7 Å². The van der Waals surface area contributed by atoms with Crippen LogP contribution < -0.4 is 4.90 Å². The van der Waals surface area contributed by atoms with Gasteiger partial charge in [0.2, 0.25) is 0 Å². The number of amides is 2. The van der Waals surface area contributed by atoms with Crippen molar-refractivity contribution < 1.29 is 14.7 Å². The monoisotopic (exact) mass is 483 g/mol. The van der Waals surface area contributed by atoms with Crippen molar-refractivity contribution in [2.24, 2.45) is 0 Å². The molecule has 1 N–H and O–H groups in total. The van der Waals surface area contributed by atoms with Gasteiger partial charge in [-0.05, 0) is 55.8 Å². The summed E-state index contributed by atoms with van der Waals surface area (Å²) in [5.41, 5.74) is 5.29. The van der Waals surface area contributed by atoms with Crippen molar-refractivity contribution in [3.63, 3.8) is 0 Å². The largest absolute Gasteiger partial charge is 0.465 e. The Hall–Kier alpha value is -4.22. The molecule has 0 spiro atoms. The molecule has 0 radical (unpaired) electrons. The fourth-order valence-corrected chi connectivity index (χ4v) is 4.51. The average Bonchev–Trinajstić information content (AvgIpc) is 2.88. The summed E-state index contributed by atoms with van der Waals surface area (Å²) >= 11 is 0. The molecule has 1 aliphatic heterocycles. The fourth-order valence-electron chi connectivity index (χ4n) is 4.51. The van der Waals surface area contributed by atoms with Gasteiger partial charge in [-0.2, -0.15) is 5.26 Å². The maximum Gasteiger partial charge on any atom is 0.407 e. The van der Waals surface area contributed by atoms with Crippen LogP contribution in [0.4, 0.5) is 10.5 Å². The first-order chi connectivity index (χ1) is 17.3. The lowest BCUT2D eigenvalue weighted by Gasteiger charge is -2.38. The molecule has 3 aromatic rings. The van der Waals surface area contributed by atoms with E-state index in [1.165, 1.54) is 4.90 Å². The molecule has 0 aliphatic carbocycles. The molecule has 2 amide bonds. The number of benzene rings is 2. The summed E-state index contributed by atoms with van der Waals surface area (Å²) in [6.45, 7) is 6.37. The van der Waals surface area contributed by atoms with E-state index in [2.05, 4.69) is 16.0 Å². The Morgan fingerprint density at radius 2 is 1.78 bits per heavy atom. The molecule has 36 heavy (non-hydrogen) atoms. The Kier molecular flexibility index (Phi) is 7.32. The first kappa shape index (κ1) is 24.9. The van der Waals surface area contributed by atoms with Crippen LogP contribution in [0.2, 0.25) is 0 Å². The number of carboxylic acid groups (broad SMARTS) is 1. The van der Waals surface area contributed by atoms with E-state index in [0.717, 1.165) is 29.1 Å². The number of rotatable bonds is 5. The highest BCUT2D eigenvalue weighted by molar-refractivity contribution is 6.06. The SMILES string of the molecule is Cc1nc(-c2ccc(C#N)cc2)ccc1C(=O)N(C)c1ccc(CN2CCN(C(=O)O)[C@@H](C)C2)cc1. The minimum Gasteiger partial charge on any atom is -0.465 e. The first-order valence-corrected chi connectivity index (χ1v) is 11.8. The number of piperazine rings is 1. The highest BCUT2D eigenvalue weighted by Gasteiger charge is 2.27. The van der Waals surface area contributed by atoms with Crippen molar-refractivity contribution in [1.29, 1.82) is 5.26 Å². The lowest BCUT2D eigenvalue weighted by atomic mass is 10.1. The Bertz CT molecular complexity index is 1300. The third-order valence-electron chi connectivity index (χ3n) is 6.62. The molecular weight excluding hydrogens is 454 g/mol. The van der Waals surface area contributed by atoms with Gasteiger partial charge >= 0.3 is 6.09 Å². The number of hydrogen-bond donors (Lipinski definition) is 1. The summed E-state index contributed by atoms with van der Waals surface area (Å²) < 4.78 is 0. The van der Waals surface area contributed by atoms with E-state index < -0.39 is 6.09 Å². The molecule has 1 fully saturated rings. The summed E-state index contributed by atoms with van der Waals surface area (Å²) in [5.74, 6) is -0.141. The molecule has 1 saturated heterocycles. The molecule has 1 aromatic heterocycles. The maximum atomic E-state index is 13.2. The molecule has 8 nitrogen and oxygen atoms in total. The zero-order valence-electron chi connectivity index (χ0n) is 20.7. The quantitative estimate of drug-likeness (QED) is 0.578. The highest BCUT2D eigenvalue weighted by atomic mass is 16.4. The predicted octanol–water partition coefficient (Wildman–Crippen LogP) is 4.39. The van der Waals surface area contributed by atoms with E-state index in [1.54, 1.807) is 30.1 Å². The van der Waals surface area contributed by atoms with Gasteiger partial charge in [-0.25, -0.2) is 4.79 Å². The van der Waals surface area contributed by atoms with E-state index in [9.17, 15) is 14.7 Å². The fraction of sp³-hybridized carbons (Fsp3) is 0.286. The smallest absolute Gasteiger partial charge is 0.407 e. The van der Waals surface area contributed by atoms with Gasteiger partial charge in [0, 0.05) is 50.5 Å². The molecule has 2 heterocycles. The normalized spacial score (nSPS) is 15.8. The second-order valence-corrected chi connectivity index (χ2v) is 9.11. The minimum absolute atomic E-state index is 0.0422. The van der Waals surface area contributed by atoms with Crippen LogP contribution in [-0.4, -0.2) is 64.6 Å². The topological polar surface area (TPSA) is 101 Å². The van der Waals surface area contributed by atoms with Crippen LogP contribution in [0.1, 0.15) is 34.1 Å². The molecular formula is C28H29N5O3. The van der Waals surface area contributed by atoms with Crippen LogP contribution in [0, 0.1) is 18.3 Å². The van der Waals surface area contributed by atoms with E-state index in [1.807, 2.05) is 56.3 Å². The Balaban J connectivity index is 1.41. The van der Waals surface area contributed by atoms with Gasteiger partial charge in [-0.1, -0.05) is 24.3 Å². The second-order valence-electron chi connectivity index (χ2n) is 9.11. The molecule has 8 heteroatoms. The number of hydrogen-bond acceptors (Lipinski definition) is 5. The number of aromatic nitrogens is 1. The standard InChI is InChI=1S/C28H29N5O3/c1-19-17-32(14-15-33(19)28(35)36)18-22-6-10-24(11-7-22)31(3)27(34)25-12-13-26(30-20(25)2)23-8-4-21(16-29)5-9-23/h4-13,19H,14-15,17-18H2,1-3H3,(H,35,36)/t19-/m0/s1. The van der Waals surface area contributed by atoms with Crippen molar-refractivity contribution in [2.75, 3.05) is 31.6 Å². The summed E-state index contributed by atoms with van der Waals surface area (Å²) in [6, 6.07) is 20.7. The van der Waals surface area contributed by atoms with Crippen LogP contribution in [-0.2, 0) is 6.54 Å². The zero-order valence-corrected chi connectivity index (χ0v) is 20.7. The van der Waals surface area contributed by atoms with Crippen LogP contribution in [0.15, 0.2) is 60.7 Å². The molecule has 2 aromatic carbocycles. The zero-order chi connectivity index (χ0) is 25.8. The Morgan fingerprint density at radius 1 is 1.08 bits per heavy atom. The van der Waals surface area contributed by atoms with Crippen molar-refractivity contribution >= 4 is 17.7 Å². The lowest BCUT2D eigenvalue weighted by Crippen LogP contribution is -2.53. The summed E-state index contributed by atoms with van der Waals surface area (Å²) in [6.07, 6.45) is -0.867. The highest BCUT2D eigenvalue weighted by Crippen LogP contribution is 2.23. The number of nitriles is 1. The third kappa shape index (κ3) is 5.37. The Morgan fingerprint density at radius 3 is 2.36 bits per heavy atom. The molecule has 184 valence electrons. The van der Waals surface area contributed by atoms with Gasteiger partial charge in [0.15, 0.2) is 0 Å². The average molecular weight is 484 g/mol. The van der Waals surface area contributed by atoms with E-state index in [0.29, 0.717) is 36.5 Å². The molecule has 0 saturated carbocycles. The summed E-state index contributed by atoms with van der Waals surface area (Å²) in [5, 5.41) is 18.2. The predicted molar refractivity (Wildman–Crippen MR) is 138 cm³/mol. The molecule has 1 atom stereocenters. The maximum absolute atomic E-state index is 13.2. The van der Waals surface area contributed by atoms with Crippen molar-refractivity contribution in [2.45, 2.75) is 26.4 Å². The first-order valence-electron chi connectivity index (χ1n) is 11.8. The van der Waals surface area contributed by atoms with Gasteiger partial charge in [-0.15, -0.1) is 0 Å².